The number of aromatic amines is 1. The largest absolute Gasteiger partial charge is 0.311 e. The van der Waals surface area contributed by atoms with E-state index in [1.54, 1.807) is 6.20 Å². The monoisotopic (exact) mass is 237 g/mol. The zero-order valence-corrected chi connectivity index (χ0v) is 10.9. The standard InChI is InChI=1S/C13H23N3O/c1-3-5-6-7-8-9-12(17)15-13-11(4-2)10-14-16-13/h10H,3-9H2,1-2H3,(H2,14,15,16,17). The first kappa shape index (κ1) is 13.7. The molecule has 0 bridgehead atoms. The fourth-order valence-corrected chi connectivity index (χ4v) is 1.78. The van der Waals surface area contributed by atoms with Crippen molar-refractivity contribution >= 4 is 11.7 Å². The molecule has 0 aliphatic heterocycles. The molecule has 4 nitrogen and oxygen atoms in total. The molecular formula is C13H23N3O. The van der Waals surface area contributed by atoms with Crippen molar-refractivity contribution in [3.63, 3.8) is 0 Å². The highest BCUT2D eigenvalue weighted by atomic mass is 16.1. The van der Waals surface area contributed by atoms with Crippen molar-refractivity contribution in [3.8, 4) is 0 Å². The molecule has 0 saturated heterocycles. The molecule has 0 aromatic carbocycles. The fourth-order valence-electron chi connectivity index (χ4n) is 1.78. The highest BCUT2D eigenvalue weighted by Gasteiger charge is 2.07. The van der Waals surface area contributed by atoms with E-state index in [4.69, 9.17) is 0 Å². The predicted molar refractivity (Wildman–Crippen MR) is 70.0 cm³/mol. The van der Waals surface area contributed by atoms with Gasteiger partial charge in [-0.25, -0.2) is 0 Å². The van der Waals surface area contributed by atoms with E-state index >= 15 is 0 Å². The number of carbonyl (C=O) groups is 1. The number of H-pyrrole nitrogens is 1. The summed E-state index contributed by atoms with van der Waals surface area (Å²) in [5, 5.41) is 9.62. The molecule has 1 aromatic rings. The van der Waals surface area contributed by atoms with Crippen LogP contribution in [0.1, 0.15) is 57.9 Å². The maximum Gasteiger partial charge on any atom is 0.225 e. The average Bonchev–Trinajstić information content (AvgIpc) is 2.76. The third-order valence-electron chi connectivity index (χ3n) is 2.87. The summed E-state index contributed by atoms with van der Waals surface area (Å²) in [7, 11) is 0. The van der Waals surface area contributed by atoms with Crippen LogP contribution in [0, 0.1) is 0 Å². The van der Waals surface area contributed by atoms with Crippen molar-refractivity contribution < 1.29 is 4.79 Å². The van der Waals surface area contributed by atoms with Crippen LogP contribution < -0.4 is 5.32 Å². The number of nitrogens with one attached hydrogen (secondary N) is 2. The second kappa shape index (κ2) is 7.87. The summed E-state index contributed by atoms with van der Waals surface area (Å²) in [4.78, 5) is 11.7. The van der Waals surface area contributed by atoms with E-state index in [-0.39, 0.29) is 5.91 Å². The number of aromatic nitrogens is 2. The highest BCUT2D eigenvalue weighted by Crippen LogP contribution is 2.12. The smallest absolute Gasteiger partial charge is 0.225 e. The summed E-state index contributed by atoms with van der Waals surface area (Å²) in [5.41, 5.74) is 1.06. The van der Waals surface area contributed by atoms with Crippen molar-refractivity contribution in [3.05, 3.63) is 11.8 Å². The Morgan fingerprint density at radius 3 is 2.76 bits per heavy atom. The van der Waals surface area contributed by atoms with Crippen LogP contribution in [-0.4, -0.2) is 16.1 Å². The van der Waals surface area contributed by atoms with Gasteiger partial charge in [0, 0.05) is 12.0 Å². The van der Waals surface area contributed by atoms with Gasteiger partial charge < -0.3 is 5.32 Å². The molecule has 0 aliphatic rings. The molecule has 1 aromatic heterocycles. The van der Waals surface area contributed by atoms with Gasteiger partial charge in [-0.15, -0.1) is 0 Å². The van der Waals surface area contributed by atoms with Crippen LogP contribution in [0.15, 0.2) is 6.20 Å². The van der Waals surface area contributed by atoms with Gasteiger partial charge in [0.15, 0.2) is 0 Å². The molecule has 0 radical (unpaired) electrons. The first-order chi connectivity index (χ1) is 8.27. The van der Waals surface area contributed by atoms with Crippen LogP contribution in [0.25, 0.3) is 0 Å². The minimum atomic E-state index is 0.0837. The normalized spacial score (nSPS) is 10.5. The van der Waals surface area contributed by atoms with Gasteiger partial charge in [0.05, 0.1) is 6.20 Å². The van der Waals surface area contributed by atoms with Gasteiger partial charge in [-0.3, -0.25) is 9.89 Å². The predicted octanol–water partition coefficient (Wildman–Crippen LogP) is 3.27. The maximum atomic E-state index is 11.7. The Labute approximate surface area is 103 Å². The summed E-state index contributed by atoms with van der Waals surface area (Å²) < 4.78 is 0. The number of carbonyl (C=O) groups excluding carboxylic acids is 1. The van der Waals surface area contributed by atoms with Gasteiger partial charge in [0.1, 0.15) is 5.82 Å². The second-order valence-corrected chi connectivity index (χ2v) is 4.34. The highest BCUT2D eigenvalue weighted by molar-refractivity contribution is 5.90. The molecule has 0 spiro atoms. The molecule has 2 N–H and O–H groups in total. The lowest BCUT2D eigenvalue weighted by Crippen LogP contribution is -2.12. The van der Waals surface area contributed by atoms with Crippen molar-refractivity contribution in [1.29, 1.82) is 0 Å². The Hall–Kier alpha value is -1.32. The van der Waals surface area contributed by atoms with E-state index in [9.17, 15) is 4.79 Å². The quantitative estimate of drug-likeness (QED) is 0.682. The molecule has 0 aliphatic carbocycles. The fraction of sp³-hybridized carbons (Fsp3) is 0.692. The topological polar surface area (TPSA) is 57.8 Å². The summed E-state index contributed by atoms with van der Waals surface area (Å²) in [5.74, 6) is 0.839. The number of anilines is 1. The lowest BCUT2D eigenvalue weighted by molar-refractivity contribution is -0.116. The van der Waals surface area contributed by atoms with Crippen molar-refractivity contribution in [2.24, 2.45) is 0 Å². The molecule has 0 saturated carbocycles. The maximum absolute atomic E-state index is 11.7. The molecule has 4 heteroatoms. The summed E-state index contributed by atoms with van der Waals surface area (Å²) in [6.07, 6.45) is 9.09. The van der Waals surface area contributed by atoms with Gasteiger partial charge in [0.2, 0.25) is 5.91 Å². The molecule has 1 amide bonds. The number of nitrogens with zero attached hydrogens (tertiary/aromatic N) is 1. The van der Waals surface area contributed by atoms with E-state index in [0.29, 0.717) is 6.42 Å². The van der Waals surface area contributed by atoms with Crippen LogP contribution >= 0.6 is 0 Å². The SMILES string of the molecule is CCCCCCCC(=O)Nc1[nH]ncc1CC. The van der Waals surface area contributed by atoms with Gasteiger partial charge in [-0.05, 0) is 12.8 Å². The average molecular weight is 237 g/mol. The molecule has 1 rings (SSSR count). The van der Waals surface area contributed by atoms with Crippen LogP contribution in [0.5, 0.6) is 0 Å². The Morgan fingerprint density at radius 2 is 2.06 bits per heavy atom. The van der Waals surface area contributed by atoms with Crippen LogP contribution in [0.4, 0.5) is 5.82 Å². The molecule has 0 fully saturated rings. The van der Waals surface area contributed by atoms with Crippen molar-refractivity contribution in [2.75, 3.05) is 5.32 Å². The number of aryl methyl sites for hydroxylation is 1. The van der Waals surface area contributed by atoms with E-state index < -0.39 is 0 Å². The first-order valence-electron chi connectivity index (χ1n) is 6.60. The Morgan fingerprint density at radius 1 is 1.29 bits per heavy atom. The van der Waals surface area contributed by atoms with Crippen molar-refractivity contribution in [2.45, 2.75) is 58.8 Å². The van der Waals surface area contributed by atoms with Gasteiger partial charge >= 0.3 is 0 Å². The number of amides is 1. The second-order valence-electron chi connectivity index (χ2n) is 4.34. The lowest BCUT2D eigenvalue weighted by atomic mass is 10.1. The van der Waals surface area contributed by atoms with E-state index in [0.717, 1.165) is 30.6 Å². The molecule has 0 atom stereocenters. The number of rotatable bonds is 8. The van der Waals surface area contributed by atoms with Gasteiger partial charge in [-0.1, -0.05) is 39.5 Å². The van der Waals surface area contributed by atoms with Crippen LogP contribution in [0.2, 0.25) is 0 Å². The summed E-state index contributed by atoms with van der Waals surface area (Å²) in [6.45, 7) is 4.24. The van der Waals surface area contributed by atoms with E-state index in [1.165, 1.54) is 19.3 Å². The molecule has 17 heavy (non-hydrogen) atoms. The van der Waals surface area contributed by atoms with E-state index in [1.807, 2.05) is 6.92 Å². The zero-order valence-electron chi connectivity index (χ0n) is 10.9. The first-order valence-corrected chi connectivity index (χ1v) is 6.60. The molecule has 96 valence electrons. The van der Waals surface area contributed by atoms with Crippen LogP contribution in [0.3, 0.4) is 0 Å². The van der Waals surface area contributed by atoms with E-state index in [2.05, 4.69) is 22.4 Å². The number of hydrogen-bond acceptors (Lipinski definition) is 2. The third-order valence-corrected chi connectivity index (χ3v) is 2.87. The Kier molecular flexibility index (Phi) is 6.37. The molecular weight excluding hydrogens is 214 g/mol. The molecule has 1 heterocycles. The Bertz CT molecular complexity index is 333. The minimum absolute atomic E-state index is 0.0837. The third kappa shape index (κ3) is 5.02. The minimum Gasteiger partial charge on any atom is -0.311 e. The van der Waals surface area contributed by atoms with Crippen molar-refractivity contribution in [1.82, 2.24) is 10.2 Å². The molecule has 0 unspecified atom stereocenters. The van der Waals surface area contributed by atoms with Crippen LogP contribution in [-0.2, 0) is 11.2 Å². The lowest BCUT2D eigenvalue weighted by Gasteiger charge is -2.04. The summed E-state index contributed by atoms with van der Waals surface area (Å²) >= 11 is 0. The summed E-state index contributed by atoms with van der Waals surface area (Å²) in [6, 6.07) is 0. The zero-order chi connectivity index (χ0) is 12.5. The Balaban J connectivity index is 2.21. The van der Waals surface area contributed by atoms with Gasteiger partial charge in [-0.2, -0.15) is 5.10 Å². The number of hydrogen-bond donors (Lipinski definition) is 2. The number of unbranched alkanes of at least 4 members (excludes halogenated alkanes) is 4. The van der Waals surface area contributed by atoms with Gasteiger partial charge in [0.25, 0.3) is 0 Å².